The van der Waals surface area contributed by atoms with Gasteiger partial charge in [0.1, 0.15) is 0 Å². The first kappa shape index (κ1) is 43.0. The van der Waals surface area contributed by atoms with Gasteiger partial charge in [-0.2, -0.15) is 0 Å². The summed E-state index contributed by atoms with van der Waals surface area (Å²) in [7, 11) is 0. The third kappa shape index (κ3) is 7.45. The Hall–Kier alpha value is -8.82. The summed E-state index contributed by atoms with van der Waals surface area (Å²) in [5.41, 5.74) is 22.5. The highest BCUT2D eigenvalue weighted by Gasteiger charge is 2.30. The van der Waals surface area contributed by atoms with Gasteiger partial charge >= 0.3 is 0 Å². The Morgan fingerprint density at radius 2 is 0.932 bits per heavy atom. The number of nitrogens with zero attached hydrogens (tertiary/aromatic N) is 1. The van der Waals surface area contributed by atoms with Crippen molar-refractivity contribution in [3.8, 4) is 39.1 Å². The number of aromatic nitrogens is 1. The van der Waals surface area contributed by atoms with Crippen molar-refractivity contribution in [2.45, 2.75) is 18.8 Å². The predicted octanol–water partition coefficient (Wildman–Crippen LogP) is 19.2. The van der Waals surface area contributed by atoms with E-state index < -0.39 is 0 Å². The van der Waals surface area contributed by atoms with Crippen LogP contribution in [0.3, 0.4) is 0 Å². The smallest absolute Gasteiger partial charge is 0.0620 e. The van der Waals surface area contributed by atoms with E-state index in [0.717, 1.165) is 12.8 Å². The van der Waals surface area contributed by atoms with Crippen LogP contribution in [0, 0.1) is 0 Å². The Morgan fingerprint density at radius 1 is 0.356 bits per heavy atom. The highest BCUT2D eigenvalue weighted by Crippen LogP contribution is 2.51. The van der Waals surface area contributed by atoms with Gasteiger partial charge < -0.3 is 4.57 Å². The third-order valence-corrected chi connectivity index (χ3v) is 16.4. The van der Waals surface area contributed by atoms with Crippen molar-refractivity contribution in [3.63, 3.8) is 0 Å². The number of thiophene rings is 1. The summed E-state index contributed by atoms with van der Waals surface area (Å²) >= 11 is 1.91. The van der Waals surface area contributed by atoms with E-state index in [1.54, 1.807) is 0 Å². The number of para-hydroxylation sites is 1. The first-order chi connectivity index (χ1) is 36.2. The van der Waals surface area contributed by atoms with Crippen molar-refractivity contribution in [1.29, 1.82) is 0 Å². The second-order valence-electron chi connectivity index (χ2n) is 19.4. The quantitative estimate of drug-likeness (QED) is 0.129. The fourth-order valence-corrected chi connectivity index (χ4v) is 13.1. The predicted molar refractivity (Wildman–Crippen MR) is 311 cm³/mol. The van der Waals surface area contributed by atoms with Crippen LogP contribution in [0.25, 0.3) is 92.2 Å². The molecule has 1 nitrogen and oxygen atoms in total. The molecule has 1 atom stereocenters. The first-order valence-electron chi connectivity index (χ1n) is 25.5. The Labute approximate surface area is 430 Å². The Morgan fingerprint density at radius 3 is 1.63 bits per heavy atom. The van der Waals surface area contributed by atoms with Gasteiger partial charge in [-0.05, 0) is 109 Å². The van der Waals surface area contributed by atoms with Crippen molar-refractivity contribution < 1.29 is 0 Å². The maximum Gasteiger partial charge on any atom is 0.0620 e. The standard InChI is InChI=1S/C71H49NS/c1-6-21-48(22-7-1)53-31-16-20-47(44-53)38-41-56(58-33-19-37-65-70(58)60-43-39-54(46-66(60)73-65)49-23-8-2-9-24-49)55-40-42-59-64(45-55)72-63-36-18-32-57(50-25-10-3-11-26-50)69(63)62-35-17-34-61(71(62)72)68(52-29-14-5-15-30-52)67(59)51-27-12-4-13-28-51/h1-37,39-40,42-46,56H,38,41H2. The van der Waals surface area contributed by atoms with Gasteiger partial charge in [-0.15, -0.1) is 11.3 Å². The second-order valence-corrected chi connectivity index (χ2v) is 20.5. The molecule has 0 fully saturated rings. The molecule has 2 heteroatoms. The number of fused-ring (bicyclic) bond motifs is 8. The molecule has 1 unspecified atom stereocenters. The van der Waals surface area contributed by atoms with Gasteiger partial charge in [0.25, 0.3) is 0 Å². The number of rotatable bonds is 10. The van der Waals surface area contributed by atoms with Crippen LogP contribution < -0.4 is 0 Å². The largest absolute Gasteiger partial charge is 0.308 e. The van der Waals surface area contributed by atoms with Crippen molar-refractivity contribution >= 4 is 64.5 Å². The molecule has 1 aliphatic rings. The molecule has 2 aromatic heterocycles. The fourth-order valence-electron chi connectivity index (χ4n) is 12.0. The summed E-state index contributed by atoms with van der Waals surface area (Å²) in [6.07, 6.45) is 1.86. The SMILES string of the molecule is c1ccc(C2=C(c3ccccc3)c3cccc4c5c(-c6ccccc6)cccc5n(c34)-c3cc(C(CCc4cccc(-c5ccccc5)c4)c4cccc5sc6cc(-c7ccccc7)ccc6c45)ccc32)cc1. The summed E-state index contributed by atoms with van der Waals surface area (Å²) in [5.74, 6) is 0.0782. The summed E-state index contributed by atoms with van der Waals surface area (Å²) < 4.78 is 5.26. The number of benzene rings is 11. The molecule has 0 N–H and O–H groups in total. The normalized spacial score (nSPS) is 12.7. The van der Waals surface area contributed by atoms with E-state index in [4.69, 9.17) is 0 Å². The summed E-state index contributed by atoms with van der Waals surface area (Å²) in [4.78, 5) is 0. The minimum Gasteiger partial charge on any atom is -0.308 e. The second kappa shape index (κ2) is 18.1. The lowest BCUT2D eigenvalue weighted by Crippen LogP contribution is -2.07. The zero-order chi connectivity index (χ0) is 48.2. The molecule has 11 aromatic carbocycles. The lowest BCUT2D eigenvalue weighted by molar-refractivity contribution is 0.720. The van der Waals surface area contributed by atoms with E-state index in [-0.39, 0.29) is 5.92 Å². The van der Waals surface area contributed by atoms with Gasteiger partial charge in [0.05, 0.1) is 16.7 Å². The number of hydrogen-bond donors (Lipinski definition) is 0. The summed E-state index contributed by atoms with van der Waals surface area (Å²) in [5, 5.41) is 5.22. The molecule has 3 heterocycles. The van der Waals surface area contributed by atoms with E-state index in [0.29, 0.717) is 0 Å². The lowest BCUT2D eigenvalue weighted by atomic mass is 9.81. The van der Waals surface area contributed by atoms with E-state index in [1.165, 1.54) is 131 Å². The minimum atomic E-state index is 0.0782. The van der Waals surface area contributed by atoms with E-state index >= 15 is 0 Å². The molecule has 0 spiro atoms. The van der Waals surface area contributed by atoms with E-state index in [2.05, 4.69) is 271 Å². The van der Waals surface area contributed by atoms with Crippen molar-refractivity contribution in [1.82, 2.24) is 4.57 Å². The highest BCUT2D eigenvalue weighted by atomic mass is 32.1. The Kier molecular flexibility index (Phi) is 10.7. The van der Waals surface area contributed by atoms with Gasteiger partial charge in [-0.25, -0.2) is 0 Å². The topological polar surface area (TPSA) is 4.93 Å². The van der Waals surface area contributed by atoms with Gasteiger partial charge in [0.2, 0.25) is 0 Å². The Bertz CT molecular complexity index is 4220. The van der Waals surface area contributed by atoms with Gasteiger partial charge in [0.15, 0.2) is 0 Å². The molecule has 0 saturated heterocycles. The van der Waals surface area contributed by atoms with Gasteiger partial charge in [-0.1, -0.05) is 243 Å². The van der Waals surface area contributed by atoms with Gasteiger partial charge in [0, 0.05) is 48.0 Å². The maximum atomic E-state index is 2.62. The van der Waals surface area contributed by atoms with Crippen LogP contribution in [0.5, 0.6) is 0 Å². The van der Waals surface area contributed by atoms with Crippen molar-refractivity contribution in [2.75, 3.05) is 0 Å². The number of aryl methyl sites for hydroxylation is 1. The van der Waals surface area contributed by atoms with Crippen LogP contribution in [-0.4, -0.2) is 4.57 Å². The summed E-state index contributed by atoms with van der Waals surface area (Å²) in [6, 6.07) is 99.4. The lowest BCUT2D eigenvalue weighted by Gasteiger charge is -2.23. The molecular weight excluding hydrogens is 899 g/mol. The minimum absolute atomic E-state index is 0.0782. The maximum absolute atomic E-state index is 2.62. The van der Waals surface area contributed by atoms with Crippen LogP contribution in [0.4, 0.5) is 0 Å². The zero-order valence-electron chi connectivity index (χ0n) is 40.3. The number of hydrogen-bond acceptors (Lipinski definition) is 1. The molecule has 1 aliphatic heterocycles. The van der Waals surface area contributed by atoms with Crippen molar-refractivity contribution in [2.24, 2.45) is 0 Å². The summed E-state index contributed by atoms with van der Waals surface area (Å²) in [6.45, 7) is 0. The molecule has 13 aromatic rings. The van der Waals surface area contributed by atoms with Crippen LogP contribution in [-0.2, 0) is 6.42 Å². The third-order valence-electron chi connectivity index (χ3n) is 15.2. The van der Waals surface area contributed by atoms with Crippen LogP contribution >= 0.6 is 11.3 Å². The average molecular weight is 948 g/mol. The van der Waals surface area contributed by atoms with Crippen LogP contribution in [0.2, 0.25) is 0 Å². The molecular formula is C71H49NS. The van der Waals surface area contributed by atoms with Gasteiger partial charge in [-0.3, -0.25) is 0 Å². The molecule has 0 amide bonds. The molecule has 0 bridgehead atoms. The van der Waals surface area contributed by atoms with E-state index in [9.17, 15) is 0 Å². The molecule has 0 aliphatic carbocycles. The Balaban J connectivity index is 1.04. The molecule has 14 rings (SSSR count). The molecule has 344 valence electrons. The molecule has 0 saturated carbocycles. The average Bonchev–Trinajstić information content (AvgIpc) is 4.00. The zero-order valence-corrected chi connectivity index (χ0v) is 41.1. The molecule has 73 heavy (non-hydrogen) atoms. The molecule has 0 radical (unpaired) electrons. The van der Waals surface area contributed by atoms with Crippen LogP contribution in [0.1, 0.15) is 51.3 Å². The fraction of sp³-hybridized carbons (Fsp3) is 0.0423. The van der Waals surface area contributed by atoms with Crippen molar-refractivity contribution in [3.05, 3.63) is 306 Å². The first-order valence-corrected chi connectivity index (χ1v) is 26.3. The highest BCUT2D eigenvalue weighted by molar-refractivity contribution is 7.25. The van der Waals surface area contributed by atoms with Crippen LogP contribution in [0.15, 0.2) is 267 Å². The monoisotopic (exact) mass is 947 g/mol. The van der Waals surface area contributed by atoms with E-state index in [1.807, 2.05) is 11.3 Å².